The number of oxazole rings is 1. The average molecular weight is 439 g/mol. The highest BCUT2D eigenvalue weighted by Crippen LogP contribution is 2.38. The summed E-state index contributed by atoms with van der Waals surface area (Å²) in [5, 5.41) is 7.60. The first-order valence-electron chi connectivity index (χ1n) is 10.5. The van der Waals surface area contributed by atoms with Crippen molar-refractivity contribution in [3.8, 4) is 11.5 Å². The third-order valence-electron chi connectivity index (χ3n) is 5.72. The summed E-state index contributed by atoms with van der Waals surface area (Å²) in [6.07, 6.45) is 3.49. The minimum atomic E-state index is -0.0947. The van der Waals surface area contributed by atoms with Crippen LogP contribution in [0.3, 0.4) is 0 Å². The van der Waals surface area contributed by atoms with E-state index in [0.717, 1.165) is 47.9 Å². The fourth-order valence-electron chi connectivity index (χ4n) is 3.94. The summed E-state index contributed by atoms with van der Waals surface area (Å²) in [5.74, 6) is 1.32. The largest absolute Gasteiger partial charge is 0.444 e. The number of nitrogens with one attached hydrogen (secondary N) is 2. The molecule has 1 fully saturated rings. The van der Waals surface area contributed by atoms with Gasteiger partial charge in [0.15, 0.2) is 5.96 Å². The Hall–Kier alpha value is -2.83. The van der Waals surface area contributed by atoms with Crippen molar-refractivity contribution in [1.82, 2.24) is 15.6 Å². The van der Waals surface area contributed by atoms with E-state index in [9.17, 15) is 0 Å². The van der Waals surface area contributed by atoms with E-state index in [0.29, 0.717) is 24.9 Å². The third kappa shape index (κ3) is 5.09. The van der Waals surface area contributed by atoms with Gasteiger partial charge in [0.25, 0.3) is 0 Å². The SMILES string of the molecule is CN=C(NCc1coc(-c2ccccc2)n1)NCC1(c2ccccc2Cl)CCOCC1. The van der Waals surface area contributed by atoms with Crippen LogP contribution in [-0.2, 0) is 16.7 Å². The van der Waals surface area contributed by atoms with Crippen LogP contribution in [0.25, 0.3) is 11.5 Å². The molecule has 0 aliphatic carbocycles. The fourth-order valence-corrected chi connectivity index (χ4v) is 4.28. The van der Waals surface area contributed by atoms with Crippen LogP contribution in [0.4, 0.5) is 0 Å². The van der Waals surface area contributed by atoms with E-state index in [1.165, 1.54) is 0 Å². The molecule has 4 rings (SSSR count). The van der Waals surface area contributed by atoms with Gasteiger partial charge in [-0.1, -0.05) is 48.0 Å². The molecule has 2 N–H and O–H groups in total. The molecule has 7 heteroatoms. The molecule has 1 saturated heterocycles. The second kappa shape index (κ2) is 9.98. The highest BCUT2D eigenvalue weighted by Gasteiger charge is 2.36. The summed E-state index contributed by atoms with van der Waals surface area (Å²) < 4.78 is 11.2. The first-order chi connectivity index (χ1) is 15.2. The minimum Gasteiger partial charge on any atom is -0.444 e. The number of rotatable bonds is 6. The summed E-state index contributed by atoms with van der Waals surface area (Å²) in [5.41, 5.74) is 2.83. The van der Waals surface area contributed by atoms with Crippen LogP contribution >= 0.6 is 11.6 Å². The molecule has 0 radical (unpaired) electrons. The second-order valence-corrected chi connectivity index (χ2v) is 8.07. The lowest BCUT2D eigenvalue weighted by molar-refractivity contribution is 0.0514. The van der Waals surface area contributed by atoms with Crippen LogP contribution in [0, 0.1) is 0 Å². The molecular formula is C24H27ClN4O2. The normalized spacial score (nSPS) is 16.1. The first-order valence-corrected chi connectivity index (χ1v) is 10.9. The predicted molar refractivity (Wildman–Crippen MR) is 123 cm³/mol. The Kier molecular flexibility index (Phi) is 6.89. The lowest BCUT2D eigenvalue weighted by Gasteiger charge is -2.38. The molecule has 0 atom stereocenters. The number of guanidine groups is 1. The number of benzene rings is 2. The van der Waals surface area contributed by atoms with Gasteiger partial charge >= 0.3 is 0 Å². The number of hydrogen-bond donors (Lipinski definition) is 2. The summed E-state index contributed by atoms with van der Waals surface area (Å²) >= 11 is 6.56. The second-order valence-electron chi connectivity index (χ2n) is 7.66. The van der Waals surface area contributed by atoms with E-state index >= 15 is 0 Å². The van der Waals surface area contributed by atoms with Gasteiger partial charge in [0, 0.05) is 42.8 Å². The lowest BCUT2D eigenvalue weighted by atomic mass is 9.74. The summed E-state index contributed by atoms with van der Waals surface area (Å²) in [6, 6.07) is 17.9. The van der Waals surface area contributed by atoms with Crippen LogP contribution in [0.2, 0.25) is 5.02 Å². The molecule has 0 unspecified atom stereocenters. The van der Waals surface area contributed by atoms with Crippen LogP contribution in [0.15, 0.2) is 70.3 Å². The van der Waals surface area contributed by atoms with Crippen molar-refractivity contribution in [2.45, 2.75) is 24.8 Å². The summed E-state index contributed by atoms with van der Waals surface area (Å²) in [6.45, 7) is 2.67. The van der Waals surface area contributed by atoms with Crippen LogP contribution in [0.1, 0.15) is 24.1 Å². The van der Waals surface area contributed by atoms with E-state index < -0.39 is 0 Å². The van der Waals surface area contributed by atoms with Gasteiger partial charge in [0.1, 0.15) is 6.26 Å². The zero-order chi connectivity index (χ0) is 21.5. The van der Waals surface area contributed by atoms with E-state index in [2.05, 4.69) is 26.7 Å². The maximum atomic E-state index is 6.56. The number of halogens is 1. The Labute approximate surface area is 187 Å². The number of ether oxygens (including phenoxy) is 1. The third-order valence-corrected chi connectivity index (χ3v) is 6.05. The van der Waals surface area contributed by atoms with Crippen molar-refractivity contribution >= 4 is 17.6 Å². The topological polar surface area (TPSA) is 71.7 Å². The van der Waals surface area contributed by atoms with E-state index in [1.807, 2.05) is 48.5 Å². The number of aromatic nitrogens is 1. The first kappa shape index (κ1) is 21.4. The zero-order valence-corrected chi connectivity index (χ0v) is 18.4. The molecule has 0 spiro atoms. The van der Waals surface area contributed by atoms with Crippen molar-refractivity contribution in [2.24, 2.45) is 4.99 Å². The van der Waals surface area contributed by atoms with Gasteiger partial charge in [-0.2, -0.15) is 0 Å². The van der Waals surface area contributed by atoms with Crippen molar-refractivity contribution in [3.63, 3.8) is 0 Å². The van der Waals surface area contributed by atoms with Crippen LogP contribution in [0.5, 0.6) is 0 Å². The molecule has 0 bridgehead atoms. The van der Waals surface area contributed by atoms with Crippen molar-refractivity contribution < 1.29 is 9.15 Å². The maximum Gasteiger partial charge on any atom is 0.226 e. The monoisotopic (exact) mass is 438 g/mol. The zero-order valence-electron chi connectivity index (χ0n) is 17.6. The van der Waals surface area contributed by atoms with Crippen LogP contribution in [-0.4, -0.2) is 37.7 Å². The van der Waals surface area contributed by atoms with Crippen LogP contribution < -0.4 is 10.6 Å². The number of hydrogen-bond acceptors (Lipinski definition) is 4. The molecule has 0 amide bonds. The molecule has 1 aromatic heterocycles. The Morgan fingerprint density at radius 3 is 2.55 bits per heavy atom. The van der Waals surface area contributed by atoms with Gasteiger partial charge < -0.3 is 19.8 Å². The van der Waals surface area contributed by atoms with Gasteiger partial charge in [-0.05, 0) is 36.6 Å². The van der Waals surface area contributed by atoms with E-state index in [4.69, 9.17) is 20.8 Å². The standard InChI is InChI=1S/C24H27ClN4O2/c1-26-23(27-15-19-16-31-22(29-19)18-7-3-2-4-8-18)28-17-24(11-13-30-14-12-24)20-9-5-6-10-21(20)25/h2-10,16H,11-15,17H2,1H3,(H2,26,27,28). The van der Waals surface area contributed by atoms with E-state index in [-0.39, 0.29) is 5.41 Å². The van der Waals surface area contributed by atoms with Crippen molar-refractivity contribution in [3.05, 3.63) is 77.1 Å². The molecule has 3 aromatic rings. The van der Waals surface area contributed by atoms with Gasteiger partial charge in [0.2, 0.25) is 5.89 Å². The molecule has 2 aromatic carbocycles. The molecule has 2 heterocycles. The fraction of sp³-hybridized carbons (Fsp3) is 0.333. The molecule has 162 valence electrons. The lowest BCUT2D eigenvalue weighted by Crippen LogP contribution is -2.48. The number of aliphatic imine (C=N–C) groups is 1. The molecule has 6 nitrogen and oxygen atoms in total. The van der Waals surface area contributed by atoms with E-state index in [1.54, 1.807) is 13.3 Å². The quantitative estimate of drug-likeness (QED) is 0.440. The molecule has 0 saturated carbocycles. The Bertz CT molecular complexity index is 1010. The van der Waals surface area contributed by atoms with Crippen molar-refractivity contribution in [1.29, 1.82) is 0 Å². The van der Waals surface area contributed by atoms with Gasteiger partial charge in [0.05, 0.1) is 12.2 Å². The highest BCUT2D eigenvalue weighted by atomic mass is 35.5. The number of nitrogens with zero attached hydrogens (tertiary/aromatic N) is 2. The average Bonchev–Trinajstić information content (AvgIpc) is 3.30. The molecule has 1 aliphatic rings. The Balaban J connectivity index is 1.40. The molecule has 1 aliphatic heterocycles. The molecular weight excluding hydrogens is 412 g/mol. The minimum absolute atomic E-state index is 0.0947. The Morgan fingerprint density at radius 1 is 1.06 bits per heavy atom. The summed E-state index contributed by atoms with van der Waals surface area (Å²) in [4.78, 5) is 8.94. The summed E-state index contributed by atoms with van der Waals surface area (Å²) in [7, 11) is 1.76. The van der Waals surface area contributed by atoms with Gasteiger partial charge in [-0.3, -0.25) is 4.99 Å². The maximum absolute atomic E-state index is 6.56. The highest BCUT2D eigenvalue weighted by molar-refractivity contribution is 6.31. The van der Waals surface area contributed by atoms with Crippen molar-refractivity contribution in [2.75, 3.05) is 26.8 Å². The predicted octanol–water partition coefficient (Wildman–Crippen LogP) is 4.41. The Morgan fingerprint density at radius 2 is 1.81 bits per heavy atom. The van der Waals surface area contributed by atoms with Gasteiger partial charge in [-0.15, -0.1) is 0 Å². The molecule has 31 heavy (non-hydrogen) atoms. The smallest absolute Gasteiger partial charge is 0.226 e. The van der Waals surface area contributed by atoms with Gasteiger partial charge in [-0.25, -0.2) is 4.98 Å².